The van der Waals surface area contributed by atoms with Crippen LogP contribution in [-0.4, -0.2) is 17.1 Å². The van der Waals surface area contributed by atoms with Crippen molar-refractivity contribution in [1.29, 1.82) is 0 Å². The first-order valence-corrected chi connectivity index (χ1v) is 5.38. The lowest BCUT2D eigenvalue weighted by Crippen LogP contribution is -2.25. The summed E-state index contributed by atoms with van der Waals surface area (Å²) >= 11 is 0. The molecule has 0 saturated heterocycles. The van der Waals surface area contributed by atoms with Gasteiger partial charge in [-0.2, -0.15) is 0 Å². The minimum absolute atomic E-state index is 0.160. The second-order valence-corrected chi connectivity index (χ2v) is 3.99. The van der Waals surface area contributed by atoms with Crippen LogP contribution < -0.4 is 0 Å². The fourth-order valence-corrected chi connectivity index (χ4v) is 2.26. The summed E-state index contributed by atoms with van der Waals surface area (Å²) in [5, 5.41) is 0. The Hall–Kier alpha value is -0.603. The highest BCUT2D eigenvalue weighted by molar-refractivity contribution is 5.97. The molecule has 0 spiro atoms. The topological polar surface area (TPSA) is 9.23 Å². The van der Waals surface area contributed by atoms with Gasteiger partial charge in [0.2, 0.25) is 0 Å². The van der Waals surface area contributed by atoms with E-state index in [1.165, 1.54) is 0 Å². The molecule has 0 aromatic heterocycles. The molecule has 0 bridgehead atoms. The summed E-state index contributed by atoms with van der Waals surface area (Å²) in [6.07, 6.45) is 8.75. The van der Waals surface area contributed by atoms with E-state index in [0.717, 1.165) is 36.4 Å². The molecule has 0 aliphatic carbocycles. The summed E-state index contributed by atoms with van der Waals surface area (Å²) in [5.74, 6) is 0. The molecule has 0 rings (SSSR count). The Bertz CT molecular complexity index is 148. The molecule has 1 nitrogen and oxygen atoms in total. The average molecular weight is 196 g/mol. The van der Waals surface area contributed by atoms with E-state index >= 15 is 0 Å². The number of allylic oxidation sites excluding steroid dienone is 3. The molecule has 74 valence electrons. The Labute approximate surface area is 84.7 Å². The number of hydrogen-bond donors (Lipinski definition) is 0. The van der Waals surface area contributed by atoms with Crippen molar-refractivity contribution in [1.82, 2.24) is 0 Å². The van der Waals surface area contributed by atoms with Gasteiger partial charge in [-0.15, -0.1) is 19.7 Å². The van der Waals surface area contributed by atoms with Crippen LogP contribution in [0.15, 0.2) is 38.0 Å². The smallest absolute Gasteiger partial charge is 0.145 e. The predicted octanol–water partition coefficient (Wildman–Crippen LogP) is 2.00. The van der Waals surface area contributed by atoms with Crippen molar-refractivity contribution in [2.75, 3.05) is 6.61 Å². The van der Waals surface area contributed by atoms with E-state index < -0.39 is 0 Å². The van der Waals surface area contributed by atoms with Crippen LogP contribution in [0, 0.1) is 5.41 Å². The van der Waals surface area contributed by atoms with E-state index in [-0.39, 0.29) is 5.41 Å². The maximum absolute atomic E-state index is 5.36. The highest BCUT2D eigenvalue weighted by Crippen LogP contribution is 2.32. The van der Waals surface area contributed by atoms with Gasteiger partial charge in [0, 0.05) is 12.0 Å². The Morgan fingerprint density at radius 3 is 1.62 bits per heavy atom. The molecule has 0 amide bonds. The van der Waals surface area contributed by atoms with Crippen LogP contribution in [0.1, 0.15) is 19.3 Å². The monoisotopic (exact) mass is 196 g/mol. The third-order valence-corrected chi connectivity index (χ3v) is 2.47. The molecular weight excluding hydrogens is 176 g/mol. The van der Waals surface area contributed by atoms with Gasteiger partial charge in [0.25, 0.3) is 0 Å². The second kappa shape index (κ2) is 6.86. The Kier molecular flexibility index (Phi) is 6.55. The van der Waals surface area contributed by atoms with Crippen molar-refractivity contribution >= 4 is 10.5 Å². The van der Waals surface area contributed by atoms with Crippen LogP contribution in [0.3, 0.4) is 0 Å². The maximum atomic E-state index is 5.36. The molecular formula is C11H20OSi. The molecule has 0 fully saturated rings. The largest absolute Gasteiger partial charge is 0.427 e. The lowest BCUT2D eigenvalue weighted by molar-refractivity contribution is 0.160. The Morgan fingerprint density at radius 2 is 1.38 bits per heavy atom. The van der Waals surface area contributed by atoms with Crippen LogP contribution in [0.2, 0.25) is 0 Å². The third-order valence-electron chi connectivity index (χ3n) is 2.18. The van der Waals surface area contributed by atoms with Gasteiger partial charge in [-0.1, -0.05) is 18.2 Å². The first-order chi connectivity index (χ1) is 6.24. The van der Waals surface area contributed by atoms with Gasteiger partial charge in [-0.3, -0.25) is 0 Å². The molecule has 0 atom stereocenters. The third kappa shape index (κ3) is 4.25. The summed E-state index contributed by atoms with van der Waals surface area (Å²) in [7, 11) is 0.788. The van der Waals surface area contributed by atoms with Gasteiger partial charge in [0.15, 0.2) is 0 Å². The molecule has 13 heavy (non-hydrogen) atoms. The molecule has 0 aliphatic rings. The minimum atomic E-state index is 0.160. The zero-order valence-corrected chi connectivity index (χ0v) is 10.6. The Balaban J connectivity index is 4.44. The van der Waals surface area contributed by atoms with E-state index in [0.29, 0.717) is 0 Å². The Morgan fingerprint density at radius 1 is 1.00 bits per heavy atom. The quantitative estimate of drug-likeness (QED) is 0.426. The molecule has 2 heteroatoms. The SMILES string of the molecule is C=CCC(CC=C)(CC=C)CO[SiH3]. The lowest BCUT2D eigenvalue weighted by Gasteiger charge is -2.30. The molecule has 0 aliphatic heterocycles. The van der Waals surface area contributed by atoms with Crippen LogP contribution in [0.4, 0.5) is 0 Å². The zero-order valence-electron chi connectivity index (χ0n) is 8.59. The number of rotatable bonds is 8. The fraction of sp³-hybridized carbons (Fsp3) is 0.455. The first-order valence-electron chi connectivity index (χ1n) is 4.56. The van der Waals surface area contributed by atoms with Gasteiger partial charge in [0.05, 0.1) is 0 Å². The van der Waals surface area contributed by atoms with Crippen LogP contribution in [0.25, 0.3) is 0 Å². The highest BCUT2D eigenvalue weighted by atomic mass is 28.2. The van der Waals surface area contributed by atoms with Crippen molar-refractivity contribution < 1.29 is 4.43 Å². The first kappa shape index (κ1) is 12.4. The minimum Gasteiger partial charge on any atom is -0.427 e. The standard InChI is InChI=1S/C11H20OSi/c1-4-7-11(8-5-2,9-6-3)10-12-13/h4-6H,1-3,7-10H2,13H3. The van der Waals surface area contributed by atoms with E-state index in [2.05, 4.69) is 19.7 Å². The van der Waals surface area contributed by atoms with E-state index in [1.54, 1.807) is 0 Å². The van der Waals surface area contributed by atoms with Crippen molar-refractivity contribution in [3.05, 3.63) is 38.0 Å². The van der Waals surface area contributed by atoms with Gasteiger partial charge in [0.1, 0.15) is 10.5 Å². The maximum Gasteiger partial charge on any atom is 0.145 e. The van der Waals surface area contributed by atoms with Crippen LogP contribution in [0.5, 0.6) is 0 Å². The zero-order chi connectivity index (χ0) is 10.2. The highest BCUT2D eigenvalue weighted by Gasteiger charge is 2.25. The summed E-state index contributed by atoms with van der Waals surface area (Å²) in [4.78, 5) is 0. The van der Waals surface area contributed by atoms with E-state index in [4.69, 9.17) is 4.43 Å². The lowest BCUT2D eigenvalue weighted by atomic mass is 9.79. The van der Waals surface area contributed by atoms with Crippen molar-refractivity contribution in [2.24, 2.45) is 5.41 Å². The van der Waals surface area contributed by atoms with Crippen molar-refractivity contribution in [3.63, 3.8) is 0 Å². The van der Waals surface area contributed by atoms with Crippen molar-refractivity contribution in [3.8, 4) is 0 Å². The van der Waals surface area contributed by atoms with Gasteiger partial charge in [-0.25, -0.2) is 0 Å². The molecule has 0 aromatic carbocycles. The number of hydrogen-bond acceptors (Lipinski definition) is 1. The molecule has 0 radical (unpaired) electrons. The van der Waals surface area contributed by atoms with Crippen LogP contribution >= 0.6 is 0 Å². The normalized spacial score (nSPS) is 11.1. The predicted molar refractivity (Wildman–Crippen MR) is 62.8 cm³/mol. The molecule has 0 heterocycles. The molecule has 0 aromatic rings. The second-order valence-electron chi connectivity index (χ2n) is 3.41. The average Bonchev–Trinajstić information content (AvgIpc) is 2.06. The summed E-state index contributed by atoms with van der Waals surface area (Å²) in [5.41, 5.74) is 0.160. The van der Waals surface area contributed by atoms with Crippen LogP contribution in [-0.2, 0) is 4.43 Å². The fourth-order valence-electron chi connectivity index (χ4n) is 1.65. The molecule has 0 unspecified atom stereocenters. The summed E-state index contributed by atoms with van der Waals surface area (Å²) in [6, 6.07) is 0. The van der Waals surface area contributed by atoms with Crippen molar-refractivity contribution in [2.45, 2.75) is 19.3 Å². The molecule has 0 N–H and O–H groups in total. The van der Waals surface area contributed by atoms with Gasteiger partial charge in [-0.05, 0) is 19.3 Å². The van der Waals surface area contributed by atoms with Gasteiger partial charge >= 0.3 is 0 Å². The summed E-state index contributed by atoms with van der Waals surface area (Å²) in [6.45, 7) is 12.1. The van der Waals surface area contributed by atoms with E-state index in [1.807, 2.05) is 18.2 Å². The van der Waals surface area contributed by atoms with Gasteiger partial charge < -0.3 is 4.43 Å². The molecule has 0 saturated carbocycles. The van der Waals surface area contributed by atoms with E-state index in [9.17, 15) is 0 Å². The summed E-state index contributed by atoms with van der Waals surface area (Å²) < 4.78 is 5.36.